The first-order valence-electron chi connectivity index (χ1n) is 7.91. The zero-order chi connectivity index (χ0) is 16.1. The molecule has 0 radical (unpaired) electrons. The van der Waals surface area contributed by atoms with Crippen molar-refractivity contribution in [2.24, 2.45) is 0 Å². The number of pyridine rings is 1. The van der Waals surface area contributed by atoms with E-state index in [9.17, 15) is 9.18 Å². The number of halogens is 1. The average molecular weight is 313 g/mol. The molecule has 0 aliphatic heterocycles. The lowest BCUT2D eigenvalue weighted by molar-refractivity contribution is 0.191. The third-order valence-electron chi connectivity index (χ3n) is 3.91. The van der Waals surface area contributed by atoms with Crippen molar-refractivity contribution >= 4 is 6.03 Å². The van der Waals surface area contributed by atoms with E-state index in [1.54, 1.807) is 18.3 Å². The summed E-state index contributed by atoms with van der Waals surface area (Å²) in [6, 6.07) is 12.4. The molecule has 1 aromatic heterocycles. The van der Waals surface area contributed by atoms with Crippen LogP contribution >= 0.6 is 0 Å². The second kappa shape index (κ2) is 7.22. The lowest BCUT2D eigenvalue weighted by Crippen LogP contribution is -2.41. The molecular formula is C18H20FN3O. The molecule has 4 nitrogen and oxygen atoms in total. The Kier molecular flexibility index (Phi) is 4.86. The number of urea groups is 1. The summed E-state index contributed by atoms with van der Waals surface area (Å²) in [4.78, 5) is 18.5. The molecular weight excluding hydrogens is 293 g/mol. The van der Waals surface area contributed by atoms with Crippen LogP contribution in [0.25, 0.3) is 0 Å². The van der Waals surface area contributed by atoms with E-state index in [1.165, 1.54) is 12.1 Å². The van der Waals surface area contributed by atoms with Gasteiger partial charge in [0.1, 0.15) is 5.82 Å². The molecule has 0 saturated heterocycles. The summed E-state index contributed by atoms with van der Waals surface area (Å²) in [5.74, 6) is -0.243. The first-order chi connectivity index (χ1) is 11.2. The van der Waals surface area contributed by atoms with E-state index < -0.39 is 0 Å². The van der Waals surface area contributed by atoms with Crippen molar-refractivity contribution in [1.29, 1.82) is 0 Å². The Hall–Kier alpha value is -2.43. The minimum atomic E-state index is -0.243. The molecule has 3 rings (SSSR count). The Balaban J connectivity index is 1.51. The minimum absolute atomic E-state index is 0.0553. The van der Waals surface area contributed by atoms with Crippen molar-refractivity contribution in [3.8, 4) is 0 Å². The van der Waals surface area contributed by atoms with E-state index in [-0.39, 0.29) is 11.8 Å². The Bertz CT molecular complexity index is 641. The van der Waals surface area contributed by atoms with E-state index >= 15 is 0 Å². The number of nitrogens with zero attached hydrogens (tertiary/aromatic N) is 2. The van der Waals surface area contributed by atoms with Crippen LogP contribution < -0.4 is 5.32 Å². The topological polar surface area (TPSA) is 45.2 Å². The smallest absolute Gasteiger partial charge is 0.318 e. The highest BCUT2D eigenvalue weighted by Crippen LogP contribution is 2.28. The van der Waals surface area contributed by atoms with Crippen LogP contribution in [-0.2, 0) is 13.0 Å². The number of amides is 2. The predicted molar refractivity (Wildman–Crippen MR) is 86.3 cm³/mol. The molecule has 5 heteroatoms. The number of carbonyl (C=O) groups is 1. The van der Waals surface area contributed by atoms with Crippen LogP contribution in [0.4, 0.5) is 9.18 Å². The van der Waals surface area contributed by atoms with Crippen LogP contribution in [-0.4, -0.2) is 28.5 Å². The standard InChI is InChI=1S/C18H20FN3O/c19-15-6-4-14(5-7-15)10-12-21-18(23)22(17-8-9-17)13-16-3-1-2-11-20-16/h1-7,11,17H,8-10,12-13H2,(H,21,23). The molecule has 0 spiro atoms. The van der Waals surface area contributed by atoms with E-state index in [4.69, 9.17) is 0 Å². The maximum Gasteiger partial charge on any atom is 0.318 e. The zero-order valence-corrected chi connectivity index (χ0v) is 12.9. The van der Waals surface area contributed by atoms with Gasteiger partial charge in [0.2, 0.25) is 0 Å². The predicted octanol–water partition coefficient (Wildman–Crippen LogP) is 3.14. The fourth-order valence-corrected chi connectivity index (χ4v) is 2.49. The number of rotatable bonds is 6. The SMILES string of the molecule is O=C(NCCc1ccc(F)cc1)N(Cc1ccccn1)C1CC1. The molecule has 0 bridgehead atoms. The first kappa shape index (κ1) is 15.5. The fourth-order valence-electron chi connectivity index (χ4n) is 2.49. The average Bonchev–Trinajstić information content (AvgIpc) is 3.40. The summed E-state index contributed by atoms with van der Waals surface area (Å²) in [7, 11) is 0. The highest BCUT2D eigenvalue weighted by atomic mass is 19.1. The van der Waals surface area contributed by atoms with Gasteiger partial charge in [-0.25, -0.2) is 9.18 Å². The number of carbonyl (C=O) groups excluding carboxylic acids is 1. The minimum Gasteiger partial charge on any atom is -0.338 e. The Morgan fingerprint density at radius 1 is 1.22 bits per heavy atom. The molecule has 1 N–H and O–H groups in total. The normalized spacial score (nSPS) is 13.6. The van der Waals surface area contributed by atoms with Crippen LogP contribution in [0, 0.1) is 5.82 Å². The van der Waals surface area contributed by atoms with E-state index in [2.05, 4.69) is 10.3 Å². The molecule has 2 aromatic rings. The van der Waals surface area contributed by atoms with Crippen LogP contribution in [0.1, 0.15) is 24.1 Å². The molecule has 23 heavy (non-hydrogen) atoms. The van der Waals surface area contributed by atoms with Gasteiger partial charge in [0.25, 0.3) is 0 Å². The summed E-state index contributed by atoms with van der Waals surface area (Å²) < 4.78 is 12.9. The highest BCUT2D eigenvalue weighted by Gasteiger charge is 2.32. The number of hydrogen-bond acceptors (Lipinski definition) is 2. The largest absolute Gasteiger partial charge is 0.338 e. The van der Waals surface area contributed by atoms with E-state index in [0.29, 0.717) is 25.6 Å². The first-order valence-corrected chi connectivity index (χ1v) is 7.91. The summed E-state index contributed by atoms with van der Waals surface area (Å²) in [6.45, 7) is 1.07. The zero-order valence-electron chi connectivity index (χ0n) is 12.9. The molecule has 0 atom stereocenters. The van der Waals surface area contributed by atoms with Crippen molar-refractivity contribution in [3.63, 3.8) is 0 Å². The number of nitrogens with one attached hydrogen (secondary N) is 1. The van der Waals surface area contributed by atoms with Gasteiger partial charge in [-0.3, -0.25) is 4.98 Å². The van der Waals surface area contributed by atoms with Gasteiger partial charge in [-0.1, -0.05) is 18.2 Å². The number of benzene rings is 1. The molecule has 1 aliphatic carbocycles. The van der Waals surface area contributed by atoms with Crippen LogP contribution in [0.2, 0.25) is 0 Å². The number of hydrogen-bond donors (Lipinski definition) is 1. The lowest BCUT2D eigenvalue weighted by atomic mass is 10.1. The molecule has 0 unspecified atom stereocenters. The van der Waals surface area contributed by atoms with E-state index in [1.807, 2.05) is 23.1 Å². The van der Waals surface area contributed by atoms with E-state index in [0.717, 1.165) is 24.1 Å². The lowest BCUT2D eigenvalue weighted by Gasteiger charge is -2.22. The molecule has 1 saturated carbocycles. The van der Waals surface area contributed by atoms with Crippen molar-refractivity contribution in [2.45, 2.75) is 31.8 Å². The Morgan fingerprint density at radius 2 is 2.00 bits per heavy atom. The molecule has 1 aliphatic rings. The monoisotopic (exact) mass is 313 g/mol. The number of aromatic nitrogens is 1. The molecule has 1 heterocycles. The molecule has 120 valence electrons. The van der Waals surface area contributed by atoms with Gasteiger partial charge in [0.15, 0.2) is 0 Å². The maximum absolute atomic E-state index is 12.9. The van der Waals surface area contributed by atoms with Crippen LogP contribution in [0.15, 0.2) is 48.7 Å². The third-order valence-corrected chi connectivity index (χ3v) is 3.91. The summed E-state index contributed by atoms with van der Waals surface area (Å²) >= 11 is 0. The van der Waals surface area contributed by atoms with Crippen molar-refractivity contribution < 1.29 is 9.18 Å². The quantitative estimate of drug-likeness (QED) is 0.890. The molecule has 1 fully saturated rings. The third kappa shape index (κ3) is 4.52. The van der Waals surface area contributed by atoms with Gasteiger partial charge in [-0.2, -0.15) is 0 Å². The van der Waals surface area contributed by atoms with Gasteiger partial charge in [0, 0.05) is 18.8 Å². The fraction of sp³-hybridized carbons (Fsp3) is 0.333. The molecule has 1 aromatic carbocycles. The van der Waals surface area contributed by atoms with Gasteiger partial charge in [0.05, 0.1) is 12.2 Å². The molecule has 2 amide bonds. The Labute approximate surface area is 135 Å². The second-order valence-electron chi connectivity index (χ2n) is 5.79. The summed E-state index contributed by atoms with van der Waals surface area (Å²) in [5, 5.41) is 2.95. The van der Waals surface area contributed by atoms with Gasteiger partial charge in [-0.05, 0) is 49.1 Å². The van der Waals surface area contributed by atoms with Crippen molar-refractivity contribution in [2.75, 3.05) is 6.54 Å². The van der Waals surface area contributed by atoms with Crippen molar-refractivity contribution in [3.05, 3.63) is 65.7 Å². The second-order valence-corrected chi connectivity index (χ2v) is 5.79. The summed E-state index contributed by atoms with van der Waals surface area (Å²) in [6.07, 6.45) is 4.54. The highest BCUT2D eigenvalue weighted by molar-refractivity contribution is 5.74. The Morgan fingerprint density at radius 3 is 2.65 bits per heavy atom. The van der Waals surface area contributed by atoms with Crippen LogP contribution in [0.3, 0.4) is 0 Å². The van der Waals surface area contributed by atoms with Crippen molar-refractivity contribution in [1.82, 2.24) is 15.2 Å². The van der Waals surface area contributed by atoms with Gasteiger partial charge in [-0.15, -0.1) is 0 Å². The summed E-state index contributed by atoms with van der Waals surface area (Å²) in [5.41, 5.74) is 1.91. The maximum atomic E-state index is 12.9. The van der Waals surface area contributed by atoms with Gasteiger partial charge < -0.3 is 10.2 Å². The van der Waals surface area contributed by atoms with Gasteiger partial charge >= 0.3 is 6.03 Å². The van der Waals surface area contributed by atoms with Crippen LogP contribution in [0.5, 0.6) is 0 Å².